The number of amides is 1. The number of nitrogens with two attached hydrogens (primary N) is 1. The molecule has 0 unspecified atom stereocenters. The number of nitrogens with one attached hydrogen (secondary N) is 2. The van der Waals surface area contributed by atoms with E-state index in [1.165, 1.54) is 12.1 Å². The summed E-state index contributed by atoms with van der Waals surface area (Å²) in [5.41, 5.74) is 6.47. The summed E-state index contributed by atoms with van der Waals surface area (Å²) in [6.07, 6.45) is 0.0811. The molecule has 1 amide bonds. The lowest BCUT2D eigenvalue weighted by atomic mass is 10.1. The minimum Gasteiger partial charge on any atom is -0.399 e. The first-order chi connectivity index (χ1) is 9.49. The monoisotopic (exact) mass is 313 g/mol. The van der Waals surface area contributed by atoms with E-state index in [4.69, 9.17) is 5.73 Å². The number of nitrogen functional groups attached to an aromatic ring is 1. The number of rotatable bonds is 5. The molecule has 0 aromatic heterocycles. The fraction of sp³-hybridized carbons (Fsp3) is 0.500. The van der Waals surface area contributed by atoms with Gasteiger partial charge in [-0.05, 0) is 51.5 Å². The summed E-state index contributed by atoms with van der Waals surface area (Å²) in [6, 6.07) is 4.62. The van der Waals surface area contributed by atoms with Crippen molar-refractivity contribution in [2.24, 2.45) is 0 Å². The van der Waals surface area contributed by atoms with E-state index in [1.807, 2.05) is 20.8 Å². The van der Waals surface area contributed by atoms with E-state index in [-0.39, 0.29) is 29.3 Å². The van der Waals surface area contributed by atoms with Crippen molar-refractivity contribution >= 4 is 21.6 Å². The van der Waals surface area contributed by atoms with Gasteiger partial charge in [0.1, 0.15) is 0 Å². The van der Waals surface area contributed by atoms with Crippen LogP contribution in [-0.4, -0.2) is 26.4 Å². The smallest absolute Gasteiger partial charge is 0.240 e. The third-order valence-electron chi connectivity index (χ3n) is 2.54. The zero-order valence-electron chi connectivity index (χ0n) is 12.9. The molecule has 1 aromatic rings. The molecule has 0 aliphatic carbocycles. The van der Waals surface area contributed by atoms with Gasteiger partial charge in [0.15, 0.2) is 0 Å². The van der Waals surface area contributed by atoms with Crippen molar-refractivity contribution in [2.75, 3.05) is 12.3 Å². The maximum atomic E-state index is 12.1. The average Bonchev–Trinajstić information content (AvgIpc) is 2.24. The molecule has 0 saturated carbocycles. The molecule has 0 bridgehead atoms. The fourth-order valence-corrected chi connectivity index (χ4v) is 2.96. The Bertz CT molecular complexity index is 599. The van der Waals surface area contributed by atoms with E-state index in [2.05, 4.69) is 10.0 Å². The first kappa shape index (κ1) is 17.5. The van der Waals surface area contributed by atoms with Gasteiger partial charge >= 0.3 is 0 Å². The molecule has 0 radical (unpaired) electrons. The lowest BCUT2D eigenvalue weighted by Gasteiger charge is -2.20. The molecular weight excluding hydrogens is 290 g/mol. The second-order valence-corrected chi connectivity index (χ2v) is 7.79. The van der Waals surface area contributed by atoms with Crippen LogP contribution in [0.4, 0.5) is 5.69 Å². The van der Waals surface area contributed by atoms with E-state index in [0.29, 0.717) is 5.69 Å². The van der Waals surface area contributed by atoms with Crippen molar-refractivity contribution < 1.29 is 13.2 Å². The summed E-state index contributed by atoms with van der Waals surface area (Å²) >= 11 is 0. The second-order valence-electron chi connectivity index (χ2n) is 6.03. The van der Waals surface area contributed by atoms with Crippen molar-refractivity contribution in [3.05, 3.63) is 23.8 Å². The summed E-state index contributed by atoms with van der Waals surface area (Å²) in [5, 5.41) is 2.77. The minimum atomic E-state index is -3.65. The van der Waals surface area contributed by atoms with Gasteiger partial charge in [0.05, 0.1) is 4.90 Å². The Kier molecular flexibility index (Phi) is 5.36. The maximum Gasteiger partial charge on any atom is 0.240 e. The summed E-state index contributed by atoms with van der Waals surface area (Å²) in [6.45, 7) is 7.41. The summed E-state index contributed by atoms with van der Waals surface area (Å²) < 4.78 is 26.6. The first-order valence-electron chi connectivity index (χ1n) is 6.67. The molecule has 7 heteroatoms. The topological polar surface area (TPSA) is 101 Å². The molecule has 0 heterocycles. The van der Waals surface area contributed by atoms with Crippen LogP contribution in [0.2, 0.25) is 0 Å². The summed E-state index contributed by atoms with van der Waals surface area (Å²) in [5.74, 6) is -0.200. The number of carbonyl (C=O) groups excluding carboxylic acids is 1. The number of hydrogen-bond donors (Lipinski definition) is 3. The summed E-state index contributed by atoms with van der Waals surface area (Å²) in [7, 11) is -3.65. The van der Waals surface area contributed by atoms with Gasteiger partial charge in [-0.1, -0.05) is 0 Å². The second kappa shape index (κ2) is 6.44. The quantitative estimate of drug-likeness (QED) is 0.710. The van der Waals surface area contributed by atoms with E-state index >= 15 is 0 Å². The van der Waals surface area contributed by atoms with Gasteiger partial charge in [0.2, 0.25) is 15.9 Å². The molecule has 0 fully saturated rings. The van der Waals surface area contributed by atoms with Gasteiger partial charge in [-0.25, -0.2) is 13.1 Å². The van der Waals surface area contributed by atoms with Gasteiger partial charge in [0, 0.05) is 24.2 Å². The average molecular weight is 313 g/mol. The van der Waals surface area contributed by atoms with Crippen LogP contribution >= 0.6 is 0 Å². The predicted octanol–water partition coefficient (Wildman–Crippen LogP) is 1.16. The van der Waals surface area contributed by atoms with Gasteiger partial charge in [-0.3, -0.25) is 4.79 Å². The SMILES string of the molecule is Cc1cc(N)cc(S(=O)(=O)NCCC(=O)NC(C)(C)C)c1. The van der Waals surface area contributed by atoms with Crippen LogP contribution in [0, 0.1) is 6.92 Å². The molecule has 0 spiro atoms. The number of anilines is 1. The van der Waals surface area contributed by atoms with Crippen LogP contribution in [0.15, 0.2) is 23.1 Å². The normalized spacial score (nSPS) is 12.2. The van der Waals surface area contributed by atoms with E-state index in [1.54, 1.807) is 13.0 Å². The Morgan fingerprint density at radius 3 is 2.38 bits per heavy atom. The molecule has 118 valence electrons. The lowest BCUT2D eigenvalue weighted by molar-refractivity contribution is -0.122. The Morgan fingerprint density at radius 2 is 1.86 bits per heavy atom. The van der Waals surface area contributed by atoms with Crippen LogP contribution in [0.5, 0.6) is 0 Å². The number of carbonyl (C=O) groups is 1. The lowest BCUT2D eigenvalue weighted by Crippen LogP contribution is -2.41. The largest absolute Gasteiger partial charge is 0.399 e. The van der Waals surface area contributed by atoms with E-state index in [9.17, 15) is 13.2 Å². The first-order valence-corrected chi connectivity index (χ1v) is 8.16. The molecule has 4 N–H and O–H groups in total. The van der Waals surface area contributed by atoms with E-state index < -0.39 is 10.0 Å². The zero-order valence-corrected chi connectivity index (χ0v) is 13.7. The van der Waals surface area contributed by atoms with Crippen molar-refractivity contribution in [1.29, 1.82) is 0 Å². The number of benzene rings is 1. The van der Waals surface area contributed by atoms with Crippen LogP contribution in [-0.2, 0) is 14.8 Å². The highest BCUT2D eigenvalue weighted by atomic mass is 32.2. The van der Waals surface area contributed by atoms with Crippen LogP contribution in [0.1, 0.15) is 32.8 Å². The fourth-order valence-electron chi connectivity index (χ4n) is 1.79. The number of sulfonamides is 1. The van der Waals surface area contributed by atoms with Crippen molar-refractivity contribution in [1.82, 2.24) is 10.0 Å². The van der Waals surface area contributed by atoms with Gasteiger partial charge in [-0.15, -0.1) is 0 Å². The number of hydrogen-bond acceptors (Lipinski definition) is 4. The molecular formula is C14H23N3O3S. The molecule has 0 aliphatic rings. The van der Waals surface area contributed by atoms with Crippen molar-refractivity contribution in [3.8, 4) is 0 Å². The minimum absolute atomic E-state index is 0.0398. The van der Waals surface area contributed by atoms with Crippen LogP contribution in [0.3, 0.4) is 0 Å². The van der Waals surface area contributed by atoms with Gasteiger partial charge < -0.3 is 11.1 Å². The standard InChI is InChI=1S/C14H23N3O3S/c1-10-7-11(15)9-12(8-10)21(19,20)16-6-5-13(18)17-14(2,3)4/h7-9,16H,5-6,15H2,1-4H3,(H,17,18). The van der Waals surface area contributed by atoms with Crippen LogP contribution < -0.4 is 15.8 Å². The third-order valence-corrected chi connectivity index (χ3v) is 3.98. The predicted molar refractivity (Wildman–Crippen MR) is 83.3 cm³/mol. The molecule has 0 aliphatic heterocycles. The highest BCUT2D eigenvalue weighted by molar-refractivity contribution is 7.89. The number of aryl methyl sites for hydroxylation is 1. The van der Waals surface area contributed by atoms with Crippen molar-refractivity contribution in [2.45, 2.75) is 44.6 Å². The summed E-state index contributed by atoms with van der Waals surface area (Å²) in [4.78, 5) is 11.7. The van der Waals surface area contributed by atoms with Crippen LogP contribution in [0.25, 0.3) is 0 Å². The zero-order chi connectivity index (χ0) is 16.3. The molecule has 21 heavy (non-hydrogen) atoms. The molecule has 6 nitrogen and oxygen atoms in total. The third kappa shape index (κ3) is 6.14. The molecule has 1 aromatic carbocycles. The molecule has 0 atom stereocenters. The molecule has 0 saturated heterocycles. The highest BCUT2D eigenvalue weighted by Crippen LogP contribution is 2.16. The van der Waals surface area contributed by atoms with Gasteiger partial charge in [0.25, 0.3) is 0 Å². The highest BCUT2D eigenvalue weighted by Gasteiger charge is 2.17. The Labute approximate surface area is 126 Å². The van der Waals surface area contributed by atoms with E-state index in [0.717, 1.165) is 5.56 Å². The van der Waals surface area contributed by atoms with Gasteiger partial charge in [-0.2, -0.15) is 0 Å². The molecule has 1 rings (SSSR count). The Hall–Kier alpha value is -1.60. The Balaban J connectivity index is 2.64. The Morgan fingerprint density at radius 1 is 1.24 bits per heavy atom. The van der Waals surface area contributed by atoms with Crippen molar-refractivity contribution in [3.63, 3.8) is 0 Å². The maximum absolute atomic E-state index is 12.1.